The van der Waals surface area contributed by atoms with Gasteiger partial charge < -0.3 is 4.57 Å². The molecule has 0 saturated heterocycles. The zero-order chi connectivity index (χ0) is 11.8. The van der Waals surface area contributed by atoms with Crippen molar-refractivity contribution in [1.29, 1.82) is 0 Å². The molecule has 0 bridgehead atoms. The van der Waals surface area contributed by atoms with Gasteiger partial charge in [0.25, 0.3) is 0 Å². The summed E-state index contributed by atoms with van der Waals surface area (Å²) in [7, 11) is 0. The Kier molecular flexibility index (Phi) is 2.61. The van der Waals surface area contributed by atoms with Crippen LogP contribution >= 0.6 is 11.8 Å². The molecule has 1 aliphatic heterocycles. The second kappa shape index (κ2) is 4.13. The smallest absolute Gasteiger partial charge is 0.164 e. The highest BCUT2D eigenvalue weighted by atomic mass is 35.5. The number of fused-ring (bicyclic) bond motifs is 1. The molecule has 1 aromatic heterocycles. The highest BCUT2D eigenvalue weighted by Gasteiger charge is 2.20. The summed E-state index contributed by atoms with van der Waals surface area (Å²) in [6.45, 7) is 4.40. The van der Waals surface area contributed by atoms with E-state index in [0.717, 1.165) is 30.3 Å². The minimum absolute atomic E-state index is 0.653. The molecule has 5 heteroatoms. The lowest BCUT2D eigenvalue weighted by molar-refractivity contribution is 0.358. The van der Waals surface area contributed by atoms with Crippen LogP contribution < -0.4 is 0 Å². The summed E-state index contributed by atoms with van der Waals surface area (Å²) in [5.41, 5.74) is 2.36. The van der Waals surface area contributed by atoms with Gasteiger partial charge in [0.2, 0.25) is 0 Å². The van der Waals surface area contributed by atoms with Crippen molar-refractivity contribution in [2.45, 2.75) is 20.0 Å². The predicted molar refractivity (Wildman–Crippen MR) is 66.5 cm³/mol. The van der Waals surface area contributed by atoms with Crippen molar-refractivity contribution < 1.29 is 0 Å². The topological polar surface area (TPSA) is 34.0 Å². The third-order valence-electron chi connectivity index (χ3n) is 3.02. The third-order valence-corrected chi connectivity index (χ3v) is 3.30. The van der Waals surface area contributed by atoms with Crippen LogP contribution in [0.2, 0.25) is 0 Å². The molecule has 88 valence electrons. The van der Waals surface area contributed by atoms with E-state index in [0.29, 0.717) is 6.54 Å². The van der Waals surface area contributed by atoms with E-state index in [1.165, 1.54) is 5.56 Å². The van der Waals surface area contributed by atoms with E-state index in [1.54, 1.807) is 4.42 Å². The molecule has 1 aliphatic rings. The zero-order valence-corrected chi connectivity index (χ0v) is 10.4. The van der Waals surface area contributed by atoms with Gasteiger partial charge in [-0.2, -0.15) is 0 Å². The Hall–Kier alpha value is -1.39. The molecule has 2 heterocycles. The Morgan fingerprint density at radius 3 is 2.65 bits per heavy atom. The first kappa shape index (κ1) is 10.7. The van der Waals surface area contributed by atoms with Crippen molar-refractivity contribution in [2.75, 3.05) is 6.54 Å². The van der Waals surface area contributed by atoms with E-state index >= 15 is 0 Å². The molecule has 3 rings (SSSR count). The standard InChI is InChI=1S/C12H13ClN4/c1-9-2-4-10(5-3-9)12-15-14-11-8-16(13)6-7-17(11)12/h2-5H,6-8H2,1H3. The molecule has 0 radical (unpaired) electrons. The van der Waals surface area contributed by atoms with E-state index in [2.05, 4.69) is 46.0 Å². The second-order valence-electron chi connectivity index (χ2n) is 4.30. The number of benzene rings is 1. The van der Waals surface area contributed by atoms with Crippen LogP contribution in [0.25, 0.3) is 11.4 Å². The van der Waals surface area contributed by atoms with E-state index in [1.807, 2.05) is 0 Å². The maximum absolute atomic E-state index is 5.97. The maximum atomic E-state index is 5.97. The summed E-state index contributed by atoms with van der Waals surface area (Å²) in [5, 5.41) is 8.45. The third kappa shape index (κ3) is 1.94. The summed E-state index contributed by atoms with van der Waals surface area (Å²) >= 11 is 5.97. The summed E-state index contributed by atoms with van der Waals surface area (Å²) < 4.78 is 3.88. The Balaban J connectivity index is 2.02. The van der Waals surface area contributed by atoms with Crippen LogP contribution in [-0.2, 0) is 13.1 Å². The van der Waals surface area contributed by atoms with Crippen molar-refractivity contribution in [3.05, 3.63) is 35.7 Å². The van der Waals surface area contributed by atoms with Gasteiger partial charge in [-0.25, -0.2) is 4.42 Å². The fourth-order valence-electron chi connectivity index (χ4n) is 2.04. The molecule has 0 amide bonds. The summed E-state index contributed by atoms with van der Waals surface area (Å²) in [4.78, 5) is 0. The number of aromatic nitrogens is 3. The van der Waals surface area contributed by atoms with Crippen LogP contribution in [0.5, 0.6) is 0 Å². The van der Waals surface area contributed by atoms with Crippen LogP contribution in [0.4, 0.5) is 0 Å². The number of nitrogens with zero attached hydrogens (tertiary/aromatic N) is 4. The molecule has 0 unspecified atom stereocenters. The van der Waals surface area contributed by atoms with Gasteiger partial charge in [-0.3, -0.25) is 0 Å². The predicted octanol–water partition coefficient (Wildman–Crippen LogP) is 2.22. The first-order valence-corrected chi connectivity index (χ1v) is 5.98. The Morgan fingerprint density at radius 2 is 1.88 bits per heavy atom. The van der Waals surface area contributed by atoms with E-state index < -0.39 is 0 Å². The SMILES string of the molecule is Cc1ccc(-c2nnc3n2CCN(Cl)C3)cc1. The monoisotopic (exact) mass is 248 g/mol. The molecule has 1 aromatic carbocycles. The van der Waals surface area contributed by atoms with Crippen molar-refractivity contribution >= 4 is 11.8 Å². The Labute approximate surface area is 105 Å². The fourth-order valence-corrected chi connectivity index (χ4v) is 2.23. The normalized spacial score (nSPS) is 15.9. The van der Waals surface area contributed by atoms with E-state index in [-0.39, 0.29) is 0 Å². The molecule has 0 fully saturated rings. The van der Waals surface area contributed by atoms with Gasteiger partial charge in [-0.05, 0) is 18.7 Å². The lowest BCUT2D eigenvalue weighted by Gasteiger charge is -2.21. The van der Waals surface area contributed by atoms with Crippen LogP contribution in [0, 0.1) is 6.92 Å². The molecule has 0 spiro atoms. The summed E-state index contributed by atoms with van der Waals surface area (Å²) in [6, 6.07) is 8.35. The lowest BCUT2D eigenvalue weighted by atomic mass is 10.1. The van der Waals surface area contributed by atoms with Gasteiger partial charge in [0.15, 0.2) is 5.82 Å². The number of halogens is 1. The maximum Gasteiger partial charge on any atom is 0.164 e. The number of hydrogen-bond donors (Lipinski definition) is 0. The fraction of sp³-hybridized carbons (Fsp3) is 0.333. The number of rotatable bonds is 1. The van der Waals surface area contributed by atoms with Crippen LogP contribution in [0.1, 0.15) is 11.4 Å². The molecule has 0 N–H and O–H groups in total. The largest absolute Gasteiger partial charge is 0.309 e. The van der Waals surface area contributed by atoms with Gasteiger partial charge in [0, 0.05) is 18.7 Å². The molecule has 0 saturated carbocycles. The average molecular weight is 249 g/mol. The summed E-state index contributed by atoms with van der Waals surface area (Å²) in [6.07, 6.45) is 0. The van der Waals surface area contributed by atoms with Gasteiger partial charge in [0.05, 0.1) is 6.54 Å². The van der Waals surface area contributed by atoms with Crippen molar-refractivity contribution in [1.82, 2.24) is 19.2 Å². The van der Waals surface area contributed by atoms with Gasteiger partial charge >= 0.3 is 0 Å². The minimum Gasteiger partial charge on any atom is -0.309 e. The van der Waals surface area contributed by atoms with Crippen molar-refractivity contribution in [2.24, 2.45) is 0 Å². The molecular formula is C12H13ClN4. The number of aryl methyl sites for hydroxylation is 1. The van der Waals surface area contributed by atoms with Gasteiger partial charge in [0.1, 0.15) is 5.82 Å². The lowest BCUT2D eigenvalue weighted by Crippen LogP contribution is -2.27. The molecule has 0 atom stereocenters. The van der Waals surface area contributed by atoms with Gasteiger partial charge in [-0.1, -0.05) is 29.8 Å². The minimum atomic E-state index is 0.653. The quantitative estimate of drug-likeness (QED) is 0.726. The van der Waals surface area contributed by atoms with Gasteiger partial charge in [-0.15, -0.1) is 10.2 Å². The summed E-state index contributed by atoms with van der Waals surface area (Å²) in [5.74, 6) is 1.87. The van der Waals surface area contributed by atoms with E-state index in [4.69, 9.17) is 11.8 Å². The molecule has 17 heavy (non-hydrogen) atoms. The molecular weight excluding hydrogens is 236 g/mol. The zero-order valence-electron chi connectivity index (χ0n) is 9.60. The average Bonchev–Trinajstić information content (AvgIpc) is 2.73. The van der Waals surface area contributed by atoms with Crippen LogP contribution in [0.3, 0.4) is 0 Å². The number of hydrogen-bond acceptors (Lipinski definition) is 3. The van der Waals surface area contributed by atoms with Crippen molar-refractivity contribution in [3.63, 3.8) is 0 Å². The Morgan fingerprint density at radius 1 is 1.12 bits per heavy atom. The highest BCUT2D eigenvalue weighted by Crippen LogP contribution is 2.22. The van der Waals surface area contributed by atoms with E-state index in [9.17, 15) is 0 Å². The molecule has 0 aliphatic carbocycles. The highest BCUT2D eigenvalue weighted by molar-refractivity contribution is 6.13. The first-order valence-electron chi connectivity index (χ1n) is 5.64. The second-order valence-corrected chi connectivity index (χ2v) is 4.78. The first-order chi connectivity index (χ1) is 8.24. The molecule has 2 aromatic rings. The molecule has 4 nitrogen and oxygen atoms in total. The van der Waals surface area contributed by atoms with Crippen LogP contribution in [-0.4, -0.2) is 25.7 Å². The Bertz CT molecular complexity index is 532. The van der Waals surface area contributed by atoms with Crippen molar-refractivity contribution in [3.8, 4) is 11.4 Å². The van der Waals surface area contributed by atoms with Crippen LogP contribution in [0.15, 0.2) is 24.3 Å².